The average Bonchev–Trinajstić information content (AvgIpc) is 3.48. The van der Waals surface area contributed by atoms with Crippen LogP contribution in [0.5, 0.6) is 0 Å². The van der Waals surface area contributed by atoms with E-state index in [-0.39, 0.29) is 38.4 Å². The van der Waals surface area contributed by atoms with Crippen molar-refractivity contribution in [3.8, 4) is 0 Å². The first kappa shape index (κ1) is 54.5. The molecule has 0 bridgehead atoms. The van der Waals surface area contributed by atoms with Gasteiger partial charge in [0.25, 0.3) is 0 Å². The number of ketones is 1. The molecule has 0 aliphatic rings. The molecule has 0 aliphatic heterocycles. The number of phosphoric ester groups is 1. The highest BCUT2D eigenvalue weighted by Crippen LogP contribution is 2.43. The lowest BCUT2D eigenvalue weighted by Gasteiger charge is -2.19. The largest absolute Gasteiger partial charge is 0.472 e. The van der Waals surface area contributed by atoms with Crippen LogP contribution in [0.3, 0.4) is 0 Å². The molecule has 0 saturated heterocycles. The number of esters is 2. The Morgan fingerprint density at radius 1 is 0.661 bits per heavy atom. The molecule has 0 radical (unpaired) electrons. The summed E-state index contributed by atoms with van der Waals surface area (Å²) in [5.74, 6) is 1.54. The van der Waals surface area contributed by atoms with Crippen LogP contribution in [0.15, 0.2) is 28.7 Å². The van der Waals surface area contributed by atoms with Gasteiger partial charge in [0, 0.05) is 38.6 Å². The predicted molar refractivity (Wildman–Crippen MR) is 237 cm³/mol. The zero-order valence-electron chi connectivity index (χ0n) is 37.5. The first-order valence-corrected chi connectivity index (χ1v) is 24.6. The minimum absolute atomic E-state index is 0.0292. The fourth-order valence-electron chi connectivity index (χ4n) is 6.74. The third-order valence-corrected chi connectivity index (χ3v) is 11.5. The van der Waals surface area contributed by atoms with Crippen molar-refractivity contribution in [1.82, 2.24) is 0 Å². The zero-order valence-corrected chi connectivity index (χ0v) is 38.3. The van der Waals surface area contributed by atoms with Gasteiger partial charge in [0.1, 0.15) is 18.1 Å². The number of unbranched alkanes of at least 4 members (excludes halogenated alkanes) is 18. The highest BCUT2D eigenvalue weighted by molar-refractivity contribution is 7.47. The lowest BCUT2D eigenvalue weighted by molar-refractivity contribution is -0.161. The van der Waals surface area contributed by atoms with Gasteiger partial charge in [0.2, 0.25) is 0 Å². The predicted octanol–water partition coefficient (Wildman–Crippen LogP) is 12.0. The molecule has 0 saturated carbocycles. The molecule has 59 heavy (non-hydrogen) atoms. The van der Waals surface area contributed by atoms with E-state index in [1.54, 1.807) is 6.08 Å². The minimum atomic E-state index is -4.42. The Bertz CT molecular complexity index is 1360. The number of nitrogens with two attached hydrogens (primary N) is 1. The molecule has 0 amide bonds. The summed E-state index contributed by atoms with van der Waals surface area (Å²) in [5, 5.41) is 0. The summed E-state index contributed by atoms with van der Waals surface area (Å²) in [7, 11) is -4.42. The third-order valence-electron chi connectivity index (χ3n) is 10.5. The maximum Gasteiger partial charge on any atom is 0.472 e. The number of rotatable bonds is 40. The highest BCUT2D eigenvalue weighted by atomic mass is 31.2. The molecule has 0 aromatic carbocycles. The molecule has 1 aromatic heterocycles. The molecule has 3 N–H and O–H groups in total. The van der Waals surface area contributed by atoms with Gasteiger partial charge in [-0.25, -0.2) is 4.57 Å². The molecule has 0 aliphatic carbocycles. The topological polar surface area (TPSA) is 165 Å². The average molecular weight is 852 g/mol. The number of hydrogen-bond donors (Lipinski definition) is 2. The number of aryl methyl sites for hydroxylation is 2. The molecule has 2 atom stereocenters. The molecule has 1 heterocycles. The monoisotopic (exact) mass is 852 g/mol. The van der Waals surface area contributed by atoms with Crippen LogP contribution in [0.1, 0.15) is 197 Å². The van der Waals surface area contributed by atoms with E-state index in [4.69, 9.17) is 28.7 Å². The van der Waals surface area contributed by atoms with Gasteiger partial charge in [-0.3, -0.25) is 23.4 Å². The summed E-state index contributed by atoms with van der Waals surface area (Å²) in [6, 6.07) is 0. The summed E-state index contributed by atoms with van der Waals surface area (Å²) in [6.07, 6.45) is 32.7. The lowest BCUT2D eigenvalue weighted by Crippen LogP contribution is -2.29. The Kier molecular flexibility index (Phi) is 33.3. The van der Waals surface area contributed by atoms with Crippen molar-refractivity contribution in [2.75, 3.05) is 26.4 Å². The van der Waals surface area contributed by atoms with E-state index in [1.807, 2.05) is 12.2 Å². The van der Waals surface area contributed by atoms with Crippen LogP contribution in [-0.4, -0.2) is 55.1 Å². The second-order valence-electron chi connectivity index (χ2n) is 15.9. The number of hydrogen-bond acceptors (Lipinski definition) is 10. The first-order chi connectivity index (χ1) is 28.5. The summed E-state index contributed by atoms with van der Waals surface area (Å²) in [6.45, 7) is 7.88. The van der Waals surface area contributed by atoms with Crippen molar-refractivity contribution in [2.45, 2.75) is 207 Å². The van der Waals surface area contributed by atoms with Crippen LogP contribution in [-0.2, 0) is 50.3 Å². The minimum Gasteiger partial charge on any atom is -0.466 e. The number of phosphoric acid groups is 1. The maximum atomic E-state index is 12.6. The highest BCUT2D eigenvalue weighted by Gasteiger charge is 2.26. The van der Waals surface area contributed by atoms with Crippen LogP contribution in [0.25, 0.3) is 0 Å². The molecule has 12 heteroatoms. The molecule has 0 spiro atoms. The van der Waals surface area contributed by atoms with Gasteiger partial charge in [-0.1, -0.05) is 128 Å². The Hall–Kier alpha value is -2.56. The van der Waals surface area contributed by atoms with Gasteiger partial charge < -0.3 is 24.5 Å². The molecule has 0 fully saturated rings. The van der Waals surface area contributed by atoms with Gasteiger partial charge in [-0.2, -0.15) is 0 Å². The van der Waals surface area contributed by atoms with E-state index >= 15 is 0 Å². The van der Waals surface area contributed by atoms with Gasteiger partial charge in [-0.05, 0) is 76.0 Å². The van der Waals surface area contributed by atoms with E-state index < -0.39 is 32.5 Å². The number of ether oxygens (including phenoxy) is 2. The number of furan rings is 1. The SMILES string of the molecule is CCCCC/C=C\C=C\C(=O)CCCCCCCC(=O)O[C@H](COC(=O)CCCCCCCCCCCCc1oc(CCCCC)c(C)c1C)COP(=O)(O)OCCN. The van der Waals surface area contributed by atoms with Gasteiger partial charge in [-0.15, -0.1) is 0 Å². The summed E-state index contributed by atoms with van der Waals surface area (Å²) in [4.78, 5) is 47.0. The zero-order chi connectivity index (χ0) is 43.4. The van der Waals surface area contributed by atoms with Gasteiger partial charge in [0.15, 0.2) is 11.9 Å². The quantitative estimate of drug-likeness (QED) is 0.0212. The summed E-state index contributed by atoms with van der Waals surface area (Å²) in [5.41, 5.74) is 8.03. The number of carbonyl (C=O) groups is 3. The second-order valence-corrected chi connectivity index (χ2v) is 17.3. The standard InChI is InChI=1S/C47H82NO10P/c1-5-7-9-10-15-19-25-30-42(49)31-26-20-18-23-29-35-47(51)57-43(39-56-59(52,53)55-37-36-48)38-54-46(50)34-28-22-17-14-12-11-13-16-21-27-33-45-41(4)40(3)44(58-45)32-24-8-6-2/h15,19,25,30,43H,5-14,16-18,20-24,26-29,31-39,48H2,1-4H3,(H,52,53)/b19-15-,30-25+/t43-/m1/s1. The Morgan fingerprint density at radius 2 is 1.17 bits per heavy atom. The number of allylic oxidation sites excluding steroid dienone is 4. The molecule has 1 rings (SSSR count). The smallest absolute Gasteiger partial charge is 0.466 e. The fraction of sp³-hybridized carbons (Fsp3) is 0.766. The fourth-order valence-corrected chi connectivity index (χ4v) is 7.50. The van der Waals surface area contributed by atoms with Crippen molar-refractivity contribution in [3.05, 3.63) is 47.0 Å². The Morgan fingerprint density at radius 3 is 1.75 bits per heavy atom. The molecule has 1 unspecified atom stereocenters. The number of carbonyl (C=O) groups excluding carboxylic acids is 3. The Labute approximate surface area is 357 Å². The van der Waals surface area contributed by atoms with Crippen molar-refractivity contribution >= 4 is 25.5 Å². The van der Waals surface area contributed by atoms with E-state index in [9.17, 15) is 23.8 Å². The Balaban J connectivity index is 2.24. The van der Waals surface area contributed by atoms with Crippen molar-refractivity contribution in [3.63, 3.8) is 0 Å². The molecular weight excluding hydrogens is 769 g/mol. The second kappa shape index (κ2) is 36.1. The van der Waals surface area contributed by atoms with E-state index in [0.717, 1.165) is 64.2 Å². The van der Waals surface area contributed by atoms with Crippen LogP contribution < -0.4 is 5.73 Å². The normalized spacial score (nSPS) is 13.3. The van der Waals surface area contributed by atoms with Crippen molar-refractivity contribution in [1.29, 1.82) is 0 Å². The summed E-state index contributed by atoms with van der Waals surface area (Å²) >= 11 is 0. The van der Waals surface area contributed by atoms with Gasteiger partial charge >= 0.3 is 19.8 Å². The van der Waals surface area contributed by atoms with Crippen LogP contribution in [0.2, 0.25) is 0 Å². The van der Waals surface area contributed by atoms with Crippen LogP contribution >= 0.6 is 7.82 Å². The molecule has 11 nitrogen and oxygen atoms in total. The van der Waals surface area contributed by atoms with Gasteiger partial charge in [0.05, 0.1) is 13.2 Å². The van der Waals surface area contributed by atoms with E-state index in [0.29, 0.717) is 19.3 Å². The molecular formula is C47H82NO10P. The van der Waals surface area contributed by atoms with E-state index in [1.165, 1.54) is 99.7 Å². The molecule has 340 valence electrons. The van der Waals surface area contributed by atoms with Crippen molar-refractivity contribution < 1.29 is 46.8 Å². The third kappa shape index (κ3) is 30.2. The van der Waals surface area contributed by atoms with Crippen LogP contribution in [0, 0.1) is 13.8 Å². The first-order valence-electron chi connectivity index (χ1n) is 23.1. The lowest BCUT2D eigenvalue weighted by atomic mass is 10.0. The summed E-state index contributed by atoms with van der Waals surface area (Å²) < 4.78 is 39.0. The van der Waals surface area contributed by atoms with Crippen molar-refractivity contribution in [2.24, 2.45) is 5.73 Å². The molecule has 1 aromatic rings. The van der Waals surface area contributed by atoms with Crippen LogP contribution in [0.4, 0.5) is 0 Å². The van der Waals surface area contributed by atoms with E-state index in [2.05, 4.69) is 33.8 Å². The maximum absolute atomic E-state index is 12.6.